The number of benzene rings is 2. The van der Waals surface area contributed by atoms with E-state index in [2.05, 4.69) is 17.0 Å². The SMILES string of the molecule is O=c1cc(CN2CCSCC2)nc2cc(-c3ccccc3)n(-c3ccccc3)n12. The minimum atomic E-state index is -0.0533. The molecule has 5 rings (SSSR count). The van der Waals surface area contributed by atoms with Gasteiger partial charge in [-0.2, -0.15) is 16.3 Å². The van der Waals surface area contributed by atoms with E-state index in [4.69, 9.17) is 4.98 Å². The first-order chi connectivity index (χ1) is 14.3. The molecule has 0 aliphatic carbocycles. The van der Waals surface area contributed by atoms with E-state index in [0.29, 0.717) is 5.65 Å². The van der Waals surface area contributed by atoms with Crippen LogP contribution in [0, 0.1) is 0 Å². The molecule has 1 aliphatic rings. The van der Waals surface area contributed by atoms with Crippen molar-refractivity contribution in [3.63, 3.8) is 0 Å². The molecule has 146 valence electrons. The standard InChI is InChI=1S/C23H22N4OS/c28-23-15-19(17-25-11-13-29-14-12-25)24-22-16-21(18-7-3-1-4-8-18)26(27(22)23)20-9-5-2-6-10-20/h1-10,15-16H,11-14,17H2. The first-order valence-corrected chi connectivity index (χ1v) is 11.0. The van der Waals surface area contributed by atoms with Gasteiger partial charge >= 0.3 is 0 Å². The zero-order chi connectivity index (χ0) is 19.6. The Morgan fingerprint density at radius 3 is 2.31 bits per heavy atom. The molecular weight excluding hydrogens is 380 g/mol. The third-order valence-electron chi connectivity index (χ3n) is 5.23. The Morgan fingerprint density at radius 2 is 1.59 bits per heavy atom. The van der Waals surface area contributed by atoms with Crippen LogP contribution in [0.4, 0.5) is 0 Å². The molecular formula is C23H22N4OS. The Kier molecular flexibility index (Phi) is 4.96. The van der Waals surface area contributed by atoms with Gasteiger partial charge in [-0.05, 0) is 12.1 Å². The van der Waals surface area contributed by atoms with Crippen molar-refractivity contribution in [1.29, 1.82) is 0 Å². The molecule has 0 amide bonds. The van der Waals surface area contributed by atoms with Crippen LogP contribution in [0.2, 0.25) is 0 Å². The van der Waals surface area contributed by atoms with E-state index >= 15 is 0 Å². The average Bonchev–Trinajstić information content (AvgIpc) is 3.16. The zero-order valence-electron chi connectivity index (χ0n) is 16.1. The Morgan fingerprint density at radius 1 is 0.897 bits per heavy atom. The van der Waals surface area contributed by atoms with Crippen molar-refractivity contribution < 1.29 is 0 Å². The van der Waals surface area contributed by atoms with Gasteiger partial charge in [-0.25, -0.2) is 9.67 Å². The van der Waals surface area contributed by atoms with Crippen LogP contribution in [0.1, 0.15) is 5.69 Å². The molecule has 1 saturated heterocycles. The van der Waals surface area contributed by atoms with Gasteiger partial charge in [-0.3, -0.25) is 9.69 Å². The lowest BCUT2D eigenvalue weighted by molar-refractivity contribution is 0.291. The molecule has 5 nitrogen and oxygen atoms in total. The van der Waals surface area contributed by atoms with Gasteiger partial charge < -0.3 is 0 Å². The highest BCUT2D eigenvalue weighted by Gasteiger charge is 2.17. The van der Waals surface area contributed by atoms with E-state index < -0.39 is 0 Å². The number of nitrogens with zero attached hydrogens (tertiary/aromatic N) is 4. The van der Waals surface area contributed by atoms with E-state index in [9.17, 15) is 4.79 Å². The van der Waals surface area contributed by atoms with Crippen LogP contribution >= 0.6 is 11.8 Å². The van der Waals surface area contributed by atoms with Crippen LogP contribution < -0.4 is 5.56 Å². The van der Waals surface area contributed by atoms with Crippen LogP contribution in [0.5, 0.6) is 0 Å². The Labute approximate surface area is 173 Å². The predicted octanol–water partition coefficient (Wildman–Crippen LogP) is 3.70. The second-order valence-electron chi connectivity index (χ2n) is 7.19. The summed E-state index contributed by atoms with van der Waals surface area (Å²) in [5, 5.41) is 0. The van der Waals surface area contributed by atoms with E-state index in [1.54, 1.807) is 10.6 Å². The minimum Gasteiger partial charge on any atom is -0.296 e. The second kappa shape index (κ2) is 7.89. The predicted molar refractivity (Wildman–Crippen MR) is 119 cm³/mol. The fourth-order valence-corrected chi connectivity index (χ4v) is 4.82. The van der Waals surface area contributed by atoms with Crippen molar-refractivity contribution in [2.24, 2.45) is 0 Å². The summed E-state index contributed by atoms with van der Waals surface area (Å²) in [4.78, 5) is 20.4. The smallest absolute Gasteiger partial charge is 0.273 e. The molecule has 1 aliphatic heterocycles. The third kappa shape index (κ3) is 3.61. The van der Waals surface area contributed by atoms with Gasteiger partial charge in [0.2, 0.25) is 0 Å². The zero-order valence-corrected chi connectivity index (χ0v) is 16.9. The van der Waals surface area contributed by atoms with Crippen LogP contribution in [-0.4, -0.2) is 43.7 Å². The molecule has 6 heteroatoms. The van der Waals surface area contributed by atoms with Crippen LogP contribution in [-0.2, 0) is 6.54 Å². The molecule has 0 unspecified atom stereocenters. The van der Waals surface area contributed by atoms with Gasteiger partial charge in [-0.1, -0.05) is 48.5 Å². The van der Waals surface area contributed by atoms with Crippen LogP contribution in [0.15, 0.2) is 77.6 Å². The number of fused-ring (bicyclic) bond motifs is 1. The van der Waals surface area contributed by atoms with E-state index in [0.717, 1.165) is 53.8 Å². The second-order valence-corrected chi connectivity index (χ2v) is 8.41. The number of aromatic nitrogens is 3. The summed E-state index contributed by atoms with van der Waals surface area (Å²) < 4.78 is 3.63. The summed E-state index contributed by atoms with van der Waals surface area (Å²) in [6.45, 7) is 2.82. The van der Waals surface area contributed by atoms with Crippen molar-refractivity contribution in [2.75, 3.05) is 24.6 Å². The summed E-state index contributed by atoms with van der Waals surface area (Å²) in [6.07, 6.45) is 0. The molecule has 0 atom stereocenters. The number of thioether (sulfide) groups is 1. The maximum absolute atomic E-state index is 13.2. The van der Waals surface area contributed by atoms with Gasteiger partial charge in [0.05, 0.1) is 17.1 Å². The minimum absolute atomic E-state index is 0.0533. The van der Waals surface area contributed by atoms with Crippen molar-refractivity contribution in [1.82, 2.24) is 19.1 Å². The third-order valence-corrected chi connectivity index (χ3v) is 6.17. The maximum Gasteiger partial charge on any atom is 0.273 e. The molecule has 0 radical (unpaired) electrons. The highest BCUT2D eigenvalue weighted by atomic mass is 32.2. The number of para-hydroxylation sites is 1. The lowest BCUT2D eigenvalue weighted by Crippen LogP contribution is -2.33. The summed E-state index contributed by atoms with van der Waals surface area (Å²) in [5.41, 5.74) is 4.41. The molecule has 0 saturated carbocycles. The molecule has 2 aromatic heterocycles. The maximum atomic E-state index is 13.2. The van der Waals surface area contributed by atoms with E-state index in [1.807, 2.05) is 71.0 Å². The Hall–Kier alpha value is -2.83. The lowest BCUT2D eigenvalue weighted by atomic mass is 10.1. The quantitative estimate of drug-likeness (QED) is 0.522. The van der Waals surface area contributed by atoms with Crippen molar-refractivity contribution in [2.45, 2.75) is 6.54 Å². The molecule has 0 spiro atoms. The van der Waals surface area contributed by atoms with Gasteiger partial charge in [0.15, 0.2) is 5.65 Å². The normalized spacial score (nSPS) is 15.0. The van der Waals surface area contributed by atoms with Gasteiger partial charge in [-0.15, -0.1) is 0 Å². The fraction of sp³-hybridized carbons (Fsp3) is 0.217. The molecule has 0 N–H and O–H groups in total. The van der Waals surface area contributed by atoms with Crippen molar-refractivity contribution in [3.8, 4) is 16.9 Å². The Bertz CT molecular complexity index is 1180. The number of hydrogen-bond acceptors (Lipinski definition) is 4. The lowest BCUT2D eigenvalue weighted by Gasteiger charge is -2.25. The molecule has 29 heavy (non-hydrogen) atoms. The molecule has 0 bridgehead atoms. The molecule has 1 fully saturated rings. The molecule has 2 aromatic carbocycles. The highest BCUT2D eigenvalue weighted by Crippen LogP contribution is 2.25. The first kappa shape index (κ1) is 18.2. The van der Waals surface area contributed by atoms with Crippen LogP contribution in [0.3, 0.4) is 0 Å². The van der Waals surface area contributed by atoms with Gasteiger partial charge in [0.1, 0.15) is 0 Å². The summed E-state index contributed by atoms with van der Waals surface area (Å²) in [7, 11) is 0. The topological polar surface area (TPSA) is 42.5 Å². The fourth-order valence-electron chi connectivity index (χ4n) is 3.84. The van der Waals surface area contributed by atoms with Crippen LogP contribution in [0.25, 0.3) is 22.6 Å². The largest absolute Gasteiger partial charge is 0.296 e. The summed E-state index contributed by atoms with van der Waals surface area (Å²) >= 11 is 1.98. The average molecular weight is 403 g/mol. The van der Waals surface area contributed by atoms with E-state index in [-0.39, 0.29) is 5.56 Å². The summed E-state index contributed by atoms with van der Waals surface area (Å²) in [5.74, 6) is 2.29. The van der Waals surface area contributed by atoms with Gasteiger partial charge in [0.25, 0.3) is 5.56 Å². The summed E-state index contributed by atoms with van der Waals surface area (Å²) in [6, 6.07) is 23.8. The highest BCUT2D eigenvalue weighted by molar-refractivity contribution is 7.99. The monoisotopic (exact) mass is 402 g/mol. The van der Waals surface area contributed by atoms with Gasteiger partial charge in [0, 0.05) is 48.8 Å². The molecule has 4 aromatic rings. The Balaban J connectivity index is 1.67. The number of rotatable bonds is 4. The number of hydrogen-bond donors (Lipinski definition) is 0. The first-order valence-electron chi connectivity index (χ1n) is 9.85. The van der Waals surface area contributed by atoms with Crippen molar-refractivity contribution in [3.05, 3.63) is 88.8 Å². The van der Waals surface area contributed by atoms with E-state index in [1.165, 1.54) is 0 Å². The van der Waals surface area contributed by atoms with Crippen molar-refractivity contribution >= 4 is 17.4 Å². The molecule has 3 heterocycles.